The van der Waals surface area contributed by atoms with Crippen LogP contribution in [0, 0.1) is 0 Å². The minimum Gasteiger partial charge on any atom is -0.377 e. The fraction of sp³-hybridized carbons (Fsp3) is 0.733. The van der Waals surface area contributed by atoms with E-state index in [2.05, 4.69) is 17.3 Å². The van der Waals surface area contributed by atoms with Crippen molar-refractivity contribution in [3.05, 3.63) is 12.3 Å². The number of nitrogens with zero attached hydrogens (tertiary/aromatic N) is 3. The maximum atomic E-state index is 12.7. The van der Waals surface area contributed by atoms with Gasteiger partial charge in [-0.15, -0.1) is 0 Å². The molecule has 2 aliphatic rings. The summed E-state index contributed by atoms with van der Waals surface area (Å²) < 4.78 is 7.43. The molecule has 1 N–H and O–H groups in total. The molecule has 3 atom stereocenters. The van der Waals surface area contributed by atoms with Crippen LogP contribution in [-0.2, 0) is 16.6 Å². The molecule has 0 saturated carbocycles. The zero-order valence-electron chi connectivity index (χ0n) is 12.8. The van der Waals surface area contributed by atoms with E-state index in [4.69, 9.17) is 4.74 Å². The lowest BCUT2D eigenvalue weighted by Gasteiger charge is -2.34. The number of rotatable bonds is 4. The monoisotopic (exact) mass is 292 g/mol. The average Bonchev–Trinajstić information content (AvgIpc) is 3.12. The molecule has 3 heterocycles. The molecule has 2 fully saturated rings. The van der Waals surface area contributed by atoms with Crippen LogP contribution < -0.4 is 10.2 Å². The number of amides is 1. The van der Waals surface area contributed by atoms with Crippen molar-refractivity contribution in [3.63, 3.8) is 0 Å². The highest BCUT2D eigenvalue weighted by molar-refractivity contribution is 5.97. The van der Waals surface area contributed by atoms with E-state index >= 15 is 0 Å². The summed E-state index contributed by atoms with van der Waals surface area (Å²) in [5, 5.41) is 7.81. The minimum atomic E-state index is -0.125. The van der Waals surface area contributed by atoms with E-state index in [1.807, 2.05) is 19.3 Å². The normalized spacial score (nSPS) is 28.1. The third-order valence-corrected chi connectivity index (χ3v) is 4.40. The van der Waals surface area contributed by atoms with Crippen LogP contribution in [0.25, 0.3) is 0 Å². The quantitative estimate of drug-likeness (QED) is 0.902. The van der Waals surface area contributed by atoms with Crippen molar-refractivity contribution in [2.45, 2.75) is 50.8 Å². The van der Waals surface area contributed by atoms with Gasteiger partial charge in [-0.05, 0) is 32.6 Å². The van der Waals surface area contributed by atoms with Crippen LogP contribution in [0.5, 0.6) is 0 Å². The van der Waals surface area contributed by atoms with E-state index in [1.165, 1.54) is 0 Å². The number of carbonyl (C=O) groups excluding carboxylic acids is 1. The van der Waals surface area contributed by atoms with Gasteiger partial charge in [-0.25, -0.2) is 0 Å². The predicted molar refractivity (Wildman–Crippen MR) is 80.2 cm³/mol. The summed E-state index contributed by atoms with van der Waals surface area (Å²) in [4.78, 5) is 14.5. The highest BCUT2D eigenvalue weighted by Crippen LogP contribution is 2.21. The molecule has 0 spiro atoms. The van der Waals surface area contributed by atoms with Gasteiger partial charge in [0.15, 0.2) is 5.82 Å². The second kappa shape index (κ2) is 6.15. The van der Waals surface area contributed by atoms with Gasteiger partial charge >= 0.3 is 0 Å². The Kier molecular flexibility index (Phi) is 4.26. The fourth-order valence-corrected chi connectivity index (χ4v) is 3.23. The summed E-state index contributed by atoms with van der Waals surface area (Å²) in [6, 6.07) is 1.98. The van der Waals surface area contributed by atoms with E-state index < -0.39 is 0 Å². The third kappa shape index (κ3) is 3.11. The molecule has 1 aromatic heterocycles. The van der Waals surface area contributed by atoms with Crippen LogP contribution in [-0.4, -0.2) is 47.0 Å². The highest BCUT2D eigenvalue weighted by Gasteiger charge is 2.33. The van der Waals surface area contributed by atoms with E-state index in [0.29, 0.717) is 0 Å². The van der Waals surface area contributed by atoms with E-state index in [0.717, 1.165) is 44.7 Å². The van der Waals surface area contributed by atoms with Gasteiger partial charge in [0, 0.05) is 38.5 Å². The number of nitrogens with one attached hydrogen (secondary N) is 1. The van der Waals surface area contributed by atoms with Crippen molar-refractivity contribution in [3.8, 4) is 0 Å². The van der Waals surface area contributed by atoms with Crippen LogP contribution in [0.3, 0.4) is 0 Å². The molecule has 6 heteroatoms. The number of carbonyl (C=O) groups is 1. The fourth-order valence-electron chi connectivity index (χ4n) is 3.23. The second-order valence-corrected chi connectivity index (χ2v) is 6.04. The van der Waals surface area contributed by atoms with Gasteiger partial charge in [-0.1, -0.05) is 0 Å². The average molecular weight is 292 g/mol. The topological polar surface area (TPSA) is 59.4 Å². The number of hydrogen-bond donors (Lipinski definition) is 1. The Morgan fingerprint density at radius 1 is 1.43 bits per heavy atom. The largest absolute Gasteiger partial charge is 0.377 e. The molecule has 1 aromatic rings. The predicted octanol–water partition coefficient (Wildman–Crippen LogP) is 1.07. The van der Waals surface area contributed by atoms with Gasteiger partial charge in [0.1, 0.15) is 0 Å². The zero-order chi connectivity index (χ0) is 14.8. The number of aryl methyl sites for hydroxylation is 1. The molecular weight excluding hydrogens is 268 g/mol. The maximum absolute atomic E-state index is 12.7. The Morgan fingerprint density at radius 2 is 2.29 bits per heavy atom. The Balaban J connectivity index is 1.64. The Labute approximate surface area is 125 Å². The molecule has 3 rings (SSSR count). The van der Waals surface area contributed by atoms with Crippen molar-refractivity contribution in [2.75, 3.05) is 18.1 Å². The van der Waals surface area contributed by atoms with Crippen LogP contribution in [0.4, 0.5) is 5.82 Å². The second-order valence-electron chi connectivity index (χ2n) is 6.04. The van der Waals surface area contributed by atoms with Gasteiger partial charge < -0.3 is 10.1 Å². The van der Waals surface area contributed by atoms with Crippen molar-refractivity contribution >= 4 is 11.7 Å². The Bertz CT molecular complexity index is 496. The molecule has 0 radical (unpaired) electrons. The summed E-state index contributed by atoms with van der Waals surface area (Å²) in [7, 11) is 1.87. The molecule has 0 aliphatic carbocycles. The molecule has 0 bridgehead atoms. The first-order chi connectivity index (χ1) is 10.1. The maximum Gasteiger partial charge on any atom is 0.245 e. The van der Waals surface area contributed by atoms with Crippen molar-refractivity contribution in [1.29, 1.82) is 0 Å². The van der Waals surface area contributed by atoms with Gasteiger partial charge in [0.2, 0.25) is 5.91 Å². The SMILES string of the molecule is C[C@H](N[C@@H]1CCCN(c2ccn(C)n2)C1=O)[C@@H]1CCCO1. The van der Waals surface area contributed by atoms with Crippen LogP contribution in [0.2, 0.25) is 0 Å². The molecule has 2 aliphatic heterocycles. The standard InChI is InChI=1S/C15H24N4O2/c1-11(13-6-4-10-21-13)16-12-5-3-8-19(15(12)20)14-7-9-18(2)17-14/h7,9,11-13,16H,3-6,8,10H2,1-2H3/t11-,12+,13-/m0/s1. The van der Waals surface area contributed by atoms with Gasteiger partial charge in [-0.3, -0.25) is 14.4 Å². The summed E-state index contributed by atoms with van der Waals surface area (Å²) in [6.45, 7) is 3.71. The lowest BCUT2D eigenvalue weighted by Crippen LogP contribution is -2.55. The van der Waals surface area contributed by atoms with Gasteiger partial charge in [-0.2, -0.15) is 5.10 Å². The summed E-state index contributed by atoms with van der Waals surface area (Å²) in [5.74, 6) is 0.878. The summed E-state index contributed by atoms with van der Waals surface area (Å²) >= 11 is 0. The number of piperidine rings is 1. The smallest absolute Gasteiger partial charge is 0.245 e. The highest BCUT2D eigenvalue weighted by atomic mass is 16.5. The van der Waals surface area contributed by atoms with Crippen molar-refractivity contribution in [1.82, 2.24) is 15.1 Å². The van der Waals surface area contributed by atoms with Crippen LogP contribution in [0.15, 0.2) is 12.3 Å². The van der Waals surface area contributed by atoms with Crippen molar-refractivity contribution in [2.24, 2.45) is 7.05 Å². The van der Waals surface area contributed by atoms with Crippen LogP contribution >= 0.6 is 0 Å². The van der Waals surface area contributed by atoms with E-state index in [1.54, 1.807) is 9.58 Å². The third-order valence-electron chi connectivity index (χ3n) is 4.40. The molecule has 0 unspecified atom stereocenters. The number of hydrogen-bond acceptors (Lipinski definition) is 4. The Morgan fingerprint density at radius 3 is 2.95 bits per heavy atom. The van der Waals surface area contributed by atoms with Gasteiger partial charge in [0.25, 0.3) is 0 Å². The molecule has 0 aromatic carbocycles. The van der Waals surface area contributed by atoms with Gasteiger partial charge in [0.05, 0.1) is 12.1 Å². The molecule has 2 saturated heterocycles. The lowest BCUT2D eigenvalue weighted by molar-refractivity contribution is -0.122. The Hall–Kier alpha value is -1.40. The van der Waals surface area contributed by atoms with E-state index in [9.17, 15) is 4.79 Å². The minimum absolute atomic E-state index is 0.125. The first-order valence-corrected chi connectivity index (χ1v) is 7.84. The molecular formula is C15H24N4O2. The summed E-state index contributed by atoms with van der Waals surface area (Å²) in [6.07, 6.45) is 6.20. The molecule has 21 heavy (non-hydrogen) atoms. The lowest BCUT2D eigenvalue weighted by atomic mass is 10.0. The van der Waals surface area contributed by atoms with Crippen LogP contribution in [0.1, 0.15) is 32.6 Å². The molecule has 116 valence electrons. The van der Waals surface area contributed by atoms with E-state index in [-0.39, 0.29) is 24.1 Å². The zero-order valence-corrected chi connectivity index (χ0v) is 12.8. The molecule has 1 amide bonds. The number of anilines is 1. The first-order valence-electron chi connectivity index (χ1n) is 7.84. The number of aromatic nitrogens is 2. The summed E-state index contributed by atoms with van der Waals surface area (Å²) in [5.41, 5.74) is 0. The number of ether oxygens (including phenoxy) is 1. The first kappa shape index (κ1) is 14.5. The molecule has 6 nitrogen and oxygen atoms in total. The van der Waals surface area contributed by atoms with Crippen molar-refractivity contribution < 1.29 is 9.53 Å².